The molecule has 2 aromatic carbocycles. The van der Waals surface area contributed by atoms with E-state index in [0.29, 0.717) is 61.2 Å². The Morgan fingerprint density at radius 2 is 1.68 bits per heavy atom. The SMILES string of the molecule is Cc1ccc(C(=O)C2CCN(C(=O)c3cc(Cl)c4c(c3)OCCO4)CC2)cc1. The minimum absolute atomic E-state index is 0.0457. The van der Waals surface area contributed by atoms with Gasteiger partial charge in [-0.1, -0.05) is 41.4 Å². The normalized spacial score (nSPS) is 16.7. The molecule has 0 unspecified atom stereocenters. The molecule has 0 N–H and O–H groups in total. The number of halogens is 1. The number of likely N-dealkylation sites (tertiary alicyclic amines) is 1. The van der Waals surface area contributed by atoms with Crippen LogP contribution in [0.5, 0.6) is 11.5 Å². The van der Waals surface area contributed by atoms with Crippen molar-refractivity contribution in [3.63, 3.8) is 0 Å². The van der Waals surface area contributed by atoms with Crippen LogP contribution < -0.4 is 9.47 Å². The number of Topliss-reactive ketones (excluding diaryl/α,β-unsaturated/α-hetero) is 1. The highest BCUT2D eigenvalue weighted by molar-refractivity contribution is 6.32. The minimum atomic E-state index is -0.0971. The lowest BCUT2D eigenvalue weighted by Gasteiger charge is -2.31. The molecule has 28 heavy (non-hydrogen) atoms. The molecule has 1 saturated heterocycles. The number of benzene rings is 2. The summed E-state index contributed by atoms with van der Waals surface area (Å²) in [7, 11) is 0. The van der Waals surface area contributed by atoms with Crippen molar-refractivity contribution in [1.82, 2.24) is 4.90 Å². The van der Waals surface area contributed by atoms with Gasteiger partial charge in [-0.25, -0.2) is 0 Å². The number of ketones is 1. The van der Waals surface area contributed by atoms with E-state index >= 15 is 0 Å². The lowest BCUT2D eigenvalue weighted by atomic mass is 9.88. The molecule has 0 bridgehead atoms. The number of ether oxygens (including phenoxy) is 2. The van der Waals surface area contributed by atoms with Gasteiger partial charge in [0.15, 0.2) is 17.3 Å². The predicted molar refractivity (Wildman–Crippen MR) is 107 cm³/mol. The zero-order chi connectivity index (χ0) is 19.7. The first kappa shape index (κ1) is 18.8. The first-order valence-corrected chi connectivity index (χ1v) is 9.90. The number of hydrogen-bond acceptors (Lipinski definition) is 4. The Bertz CT molecular complexity index is 901. The van der Waals surface area contributed by atoms with Gasteiger partial charge in [0.05, 0.1) is 5.02 Å². The molecule has 6 heteroatoms. The molecule has 2 aliphatic rings. The number of fused-ring (bicyclic) bond motifs is 1. The quantitative estimate of drug-likeness (QED) is 0.727. The van der Waals surface area contributed by atoms with Crippen LogP contribution in [0.4, 0.5) is 0 Å². The summed E-state index contributed by atoms with van der Waals surface area (Å²) in [6.07, 6.45) is 1.33. The number of nitrogens with zero attached hydrogens (tertiary/aromatic N) is 1. The van der Waals surface area contributed by atoms with E-state index in [1.807, 2.05) is 31.2 Å². The summed E-state index contributed by atoms with van der Waals surface area (Å²) < 4.78 is 11.1. The second kappa shape index (κ2) is 7.84. The zero-order valence-corrected chi connectivity index (χ0v) is 16.5. The van der Waals surface area contributed by atoms with E-state index in [1.165, 1.54) is 0 Å². The molecule has 1 amide bonds. The van der Waals surface area contributed by atoms with Crippen molar-refractivity contribution < 1.29 is 19.1 Å². The highest BCUT2D eigenvalue weighted by atomic mass is 35.5. The van der Waals surface area contributed by atoms with Gasteiger partial charge in [0, 0.05) is 30.1 Å². The Morgan fingerprint density at radius 1 is 1.00 bits per heavy atom. The van der Waals surface area contributed by atoms with Crippen molar-refractivity contribution in [2.24, 2.45) is 5.92 Å². The topological polar surface area (TPSA) is 55.8 Å². The third-order valence-electron chi connectivity index (χ3n) is 5.33. The van der Waals surface area contributed by atoms with Gasteiger partial charge < -0.3 is 14.4 Å². The van der Waals surface area contributed by atoms with E-state index in [1.54, 1.807) is 17.0 Å². The lowest BCUT2D eigenvalue weighted by molar-refractivity contribution is 0.0649. The molecule has 5 nitrogen and oxygen atoms in total. The highest BCUT2D eigenvalue weighted by Crippen LogP contribution is 2.38. The van der Waals surface area contributed by atoms with Crippen molar-refractivity contribution >= 4 is 23.3 Å². The van der Waals surface area contributed by atoms with E-state index in [2.05, 4.69) is 0 Å². The van der Waals surface area contributed by atoms with E-state index < -0.39 is 0 Å². The maximum absolute atomic E-state index is 12.9. The molecule has 0 aromatic heterocycles. The summed E-state index contributed by atoms with van der Waals surface area (Å²) >= 11 is 6.25. The van der Waals surface area contributed by atoms with Crippen molar-refractivity contribution in [3.8, 4) is 11.5 Å². The van der Waals surface area contributed by atoms with Gasteiger partial charge in [0.2, 0.25) is 0 Å². The molecule has 0 saturated carbocycles. The standard InChI is InChI=1S/C22H22ClNO4/c1-14-2-4-15(5-3-14)20(25)16-6-8-24(9-7-16)22(26)17-12-18(23)21-19(13-17)27-10-11-28-21/h2-5,12-13,16H,6-11H2,1H3. The van der Waals surface area contributed by atoms with Crippen LogP contribution in [0.2, 0.25) is 5.02 Å². The fourth-order valence-electron chi connectivity index (χ4n) is 3.72. The summed E-state index contributed by atoms with van der Waals surface area (Å²) in [5, 5.41) is 0.380. The van der Waals surface area contributed by atoms with Crippen LogP contribution in [0, 0.1) is 12.8 Å². The predicted octanol–water partition coefficient (Wildman–Crippen LogP) is 4.15. The monoisotopic (exact) mass is 399 g/mol. The molecule has 2 aromatic rings. The average molecular weight is 400 g/mol. The molecule has 0 aliphatic carbocycles. The Labute approximate surface area is 169 Å². The molecule has 2 heterocycles. The first-order chi connectivity index (χ1) is 13.5. The summed E-state index contributed by atoms with van der Waals surface area (Å²) in [5.41, 5.74) is 2.36. The van der Waals surface area contributed by atoms with E-state index in [-0.39, 0.29) is 17.6 Å². The molecule has 0 spiro atoms. The second-order valence-electron chi connectivity index (χ2n) is 7.28. The van der Waals surface area contributed by atoms with E-state index in [9.17, 15) is 9.59 Å². The largest absolute Gasteiger partial charge is 0.486 e. The maximum atomic E-state index is 12.9. The van der Waals surface area contributed by atoms with Crippen molar-refractivity contribution in [1.29, 1.82) is 0 Å². The Kier molecular flexibility index (Phi) is 5.27. The fraction of sp³-hybridized carbons (Fsp3) is 0.364. The Balaban J connectivity index is 1.42. The Morgan fingerprint density at radius 3 is 2.39 bits per heavy atom. The number of aryl methyl sites for hydroxylation is 1. The summed E-state index contributed by atoms with van der Waals surface area (Å²) in [5.74, 6) is 1.02. The zero-order valence-electron chi connectivity index (χ0n) is 15.7. The van der Waals surface area contributed by atoms with Crippen LogP contribution in [-0.2, 0) is 0 Å². The van der Waals surface area contributed by atoms with Crippen LogP contribution in [0.3, 0.4) is 0 Å². The van der Waals surface area contributed by atoms with Crippen LogP contribution in [0.1, 0.15) is 39.1 Å². The minimum Gasteiger partial charge on any atom is -0.486 e. The number of rotatable bonds is 3. The van der Waals surface area contributed by atoms with Gasteiger partial charge in [-0.15, -0.1) is 0 Å². The molecule has 2 aliphatic heterocycles. The number of amides is 1. The third-order valence-corrected chi connectivity index (χ3v) is 5.61. The van der Waals surface area contributed by atoms with Crippen LogP contribution in [-0.4, -0.2) is 42.9 Å². The summed E-state index contributed by atoms with van der Waals surface area (Å²) in [6.45, 7) is 3.98. The summed E-state index contributed by atoms with van der Waals surface area (Å²) in [6, 6.07) is 11.0. The molecule has 146 valence electrons. The number of hydrogen-bond donors (Lipinski definition) is 0. The van der Waals surface area contributed by atoms with Gasteiger partial charge in [0.25, 0.3) is 5.91 Å². The molecule has 0 atom stereocenters. The van der Waals surface area contributed by atoms with Crippen LogP contribution in [0.25, 0.3) is 0 Å². The molecular weight excluding hydrogens is 378 g/mol. The number of piperidine rings is 1. The highest BCUT2D eigenvalue weighted by Gasteiger charge is 2.29. The van der Waals surface area contributed by atoms with E-state index in [0.717, 1.165) is 11.1 Å². The van der Waals surface area contributed by atoms with Gasteiger partial charge in [0.1, 0.15) is 13.2 Å². The van der Waals surface area contributed by atoms with Gasteiger partial charge >= 0.3 is 0 Å². The molecule has 4 rings (SSSR count). The van der Waals surface area contributed by atoms with Crippen molar-refractivity contribution in [2.45, 2.75) is 19.8 Å². The third kappa shape index (κ3) is 3.72. The molecular formula is C22H22ClNO4. The van der Waals surface area contributed by atoms with Gasteiger partial charge in [-0.05, 0) is 31.9 Å². The van der Waals surface area contributed by atoms with Crippen molar-refractivity contribution in [2.75, 3.05) is 26.3 Å². The molecule has 1 fully saturated rings. The Hall–Kier alpha value is -2.53. The smallest absolute Gasteiger partial charge is 0.254 e. The molecule has 0 radical (unpaired) electrons. The van der Waals surface area contributed by atoms with Crippen molar-refractivity contribution in [3.05, 3.63) is 58.1 Å². The lowest BCUT2D eigenvalue weighted by Crippen LogP contribution is -2.40. The fourth-order valence-corrected chi connectivity index (χ4v) is 3.98. The number of carbonyl (C=O) groups is 2. The average Bonchev–Trinajstić information content (AvgIpc) is 2.73. The first-order valence-electron chi connectivity index (χ1n) is 9.52. The maximum Gasteiger partial charge on any atom is 0.254 e. The van der Waals surface area contributed by atoms with Crippen LogP contribution >= 0.6 is 11.6 Å². The summed E-state index contributed by atoms with van der Waals surface area (Å²) in [4.78, 5) is 27.4. The van der Waals surface area contributed by atoms with E-state index in [4.69, 9.17) is 21.1 Å². The van der Waals surface area contributed by atoms with Gasteiger partial charge in [-0.3, -0.25) is 9.59 Å². The van der Waals surface area contributed by atoms with Crippen LogP contribution in [0.15, 0.2) is 36.4 Å². The second-order valence-corrected chi connectivity index (χ2v) is 7.69. The number of carbonyl (C=O) groups excluding carboxylic acids is 2. The van der Waals surface area contributed by atoms with Gasteiger partial charge in [-0.2, -0.15) is 0 Å².